The van der Waals surface area contributed by atoms with Gasteiger partial charge in [0, 0.05) is 23.0 Å². The van der Waals surface area contributed by atoms with Crippen LogP contribution in [0, 0.1) is 27.7 Å². The summed E-state index contributed by atoms with van der Waals surface area (Å²) in [4.78, 5) is 4.49. The average molecular weight is 267 g/mol. The van der Waals surface area contributed by atoms with E-state index in [1.54, 1.807) is 0 Å². The number of rotatable bonds is 1. The third kappa shape index (κ3) is 1.82. The van der Waals surface area contributed by atoms with Gasteiger partial charge in [0.25, 0.3) is 0 Å². The van der Waals surface area contributed by atoms with Gasteiger partial charge in [-0.1, -0.05) is 0 Å². The second kappa shape index (κ2) is 4.30. The zero-order chi connectivity index (χ0) is 14.4. The van der Waals surface area contributed by atoms with Crippen molar-refractivity contribution in [2.24, 2.45) is 0 Å². The minimum Gasteiger partial charge on any atom is -0.399 e. The fourth-order valence-corrected chi connectivity index (χ4v) is 2.53. The SMILES string of the molecule is Cc1cc2nnc(-c3cc(N)cc(C)c3C)n2c(C)n1. The molecule has 102 valence electrons. The van der Waals surface area contributed by atoms with Crippen molar-refractivity contribution < 1.29 is 0 Å². The standard InChI is InChI=1S/C15H17N5/c1-8-5-12(16)7-13(10(8)3)15-19-18-14-6-9(2)17-11(4)20(14)15/h5-7H,16H2,1-4H3. The van der Waals surface area contributed by atoms with Crippen LogP contribution in [0.3, 0.4) is 0 Å². The predicted octanol–water partition coefficient (Wildman–Crippen LogP) is 2.61. The van der Waals surface area contributed by atoms with Crippen molar-refractivity contribution in [3.8, 4) is 11.4 Å². The second-order valence-corrected chi connectivity index (χ2v) is 5.17. The van der Waals surface area contributed by atoms with Crippen LogP contribution in [-0.2, 0) is 0 Å². The number of nitrogens with two attached hydrogens (primary N) is 1. The van der Waals surface area contributed by atoms with E-state index in [9.17, 15) is 0 Å². The Balaban J connectivity index is 2.36. The highest BCUT2D eigenvalue weighted by molar-refractivity contribution is 5.69. The third-order valence-corrected chi connectivity index (χ3v) is 3.62. The van der Waals surface area contributed by atoms with Gasteiger partial charge in [0.05, 0.1) is 0 Å². The molecule has 1 aromatic carbocycles. The Hall–Kier alpha value is -2.43. The quantitative estimate of drug-likeness (QED) is 0.688. The molecule has 0 saturated carbocycles. The monoisotopic (exact) mass is 267 g/mol. The van der Waals surface area contributed by atoms with Crippen molar-refractivity contribution in [3.63, 3.8) is 0 Å². The number of fused-ring (bicyclic) bond motifs is 1. The van der Waals surface area contributed by atoms with Crippen LogP contribution in [0.4, 0.5) is 5.69 Å². The molecule has 0 aliphatic carbocycles. The van der Waals surface area contributed by atoms with Crippen LogP contribution >= 0.6 is 0 Å². The molecule has 5 nitrogen and oxygen atoms in total. The zero-order valence-corrected chi connectivity index (χ0v) is 12.1. The number of benzene rings is 1. The molecule has 0 aliphatic rings. The number of hydrogen-bond donors (Lipinski definition) is 1. The van der Waals surface area contributed by atoms with Gasteiger partial charge in [0.2, 0.25) is 0 Å². The van der Waals surface area contributed by atoms with E-state index >= 15 is 0 Å². The van der Waals surface area contributed by atoms with Crippen molar-refractivity contribution in [1.82, 2.24) is 19.6 Å². The predicted molar refractivity (Wildman–Crippen MR) is 79.6 cm³/mol. The number of anilines is 1. The van der Waals surface area contributed by atoms with Crippen LogP contribution < -0.4 is 5.73 Å². The largest absolute Gasteiger partial charge is 0.399 e. The van der Waals surface area contributed by atoms with Gasteiger partial charge in [0.15, 0.2) is 11.5 Å². The molecular weight excluding hydrogens is 250 g/mol. The summed E-state index contributed by atoms with van der Waals surface area (Å²) in [5, 5.41) is 8.58. The molecule has 5 heteroatoms. The van der Waals surface area contributed by atoms with E-state index in [4.69, 9.17) is 5.73 Å². The summed E-state index contributed by atoms with van der Waals surface area (Å²) in [7, 11) is 0. The highest BCUT2D eigenvalue weighted by atomic mass is 15.3. The Kier molecular flexibility index (Phi) is 2.71. The van der Waals surface area contributed by atoms with Crippen molar-refractivity contribution >= 4 is 11.3 Å². The molecule has 3 aromatic rings. The summed E-state index contributed by atoms with van der Waals surface area (Å²) in [5.41, 5.74) is 11.8. The zero-order valence-electron chi connectivity index (χ0n) is 12.1. The molecule has 0 unspecified atom stereocenters. The Labute approximate surface area is 117 Å². The lowest BCUT2D eigenvalue weighted by molar-refractivity contribution is 0.960. The molecule has 0 atom stereocenters. The van der Waals surface area contributed by atoms with E-state index in [-0.39, 0.29) is 0 Å². The van der Waals surface area contributed by atoms with Gasteiger partial charge in [-0.3, -0.25) is 4.40 Å². The lowest BCUT2D eigenvalue weighted by Gasteiger charge is -2.10. The molecule has 2 N–H and O–H groups in total. The average Bonchev–Trinajstić information content (AvgIpc) is 2.77. The molecule has 2 aromatic heterocycles. The van der Waals surface area contributed by atoms with Crippen LogP contribution in [0.15, 0.2) is 18.2 Å². The molecule has 0 fully saturated rings. The van der Waals surface area contributed by atoms with E-state index in [1.807, 2.05) is 43.4 Å². The molecule has 2 heterocycles. The van der Waals surface area contributed by atoms with Gasteiger partial charge in [0.1, 0.15) is 5.82 Å². The molecule has 0 saturated heterocycles. The van der Waals surface area contributed by atoms with E-state index in [0.29, 0.717) is 0 Å². The van der Waals surface area contributed by atoms with Crippen LogP contribution in [-0.4, -0.2) is 19.6 Å². The number of nitrogen functional groups attached to an aromatic ring is 1. The van der Waals surface area contributed by atoms with E-state index in [0.717, 1.165) is 45.4 Å². The van der Waals surface area contributed by atoms with Crippen LogP contribution in [0.25, 0.3) is 17.0 Å². The van der Waals surface area contributed by atoms with Gasteiger partial charge < -0.3 is 5.73 Å². The number of hydrogen-bond acceptors (Lipinski definition) is 4. The third-order valence-electron chi connectivity index (χ3n) is 3.62. The van der Waals surface area contributed by atoms with Crippen molar-refractivity contribution in [2.75, 3.05) is 5.73 Å². The Morgan fingerprint density at radius 2 is 1.75 bits per heavy atom. The maximum Gasteiger partial charge on any atom is 0.170 e. The van der Waals surface area contributed by atoms with Crippen molar-refractivity contribution in [3.05, 3.63) is 40.8 Å². The first-order valence-corrected chi connectivity index (χ1v) is 6.54. The molecule has 0 amide bonds. The molecule has 0 aliphatic heterocycles. The summed E-state index contributed by atoms with van der Waals surface area (Å²) < 4.78 is 1.97. The second-order valence-electron chi connectivity index (χ2n) is 5.17. The smallest absolute Gasteiger partial charge is 0.170 e. The van der Waals surface area contributed by atoms with Crippen molar-refractivity contribution in [2.45, 2.75) is 27.7 Å². The van der Waals surface area contributed by atoms with E-state index < -0.39 is 0 Å². The Morgan fingerprint density at radius 3 is 2.50 bits per heavy atom. The molecule has 0 radical (unpaired) electrons. The topological polar surface area (TPSA) is 69.1 Å². The first-order chi connectivity index (χ1) is 9.47. The normalized spacial score (nSPS) is 11.2. The molecule has 0 spiro atoms. The minimum absolute atomic E-state index is 0.734. The molecule has 20 heavy (non-hydrogen) atoms. The van der Waals surface area contributed by atoms with E-state index in [2.05, 4.69) is 22.1 Å². The first kappa shape index (κ1) is 12.6. The van der Waals surface area contributed by atoms with Gasteiger partial charge in [-0.05, 0) is 51.0 Å². The molecule has 3 rings (SSSR count). The Bertz CT molecular complexity index is 817. The van der Waals surface area contributed by atoms with E-state index in [1.165, 1.54) is 0 Å². The summed E-state index contributed by atoms with van der Waals surface area (Å²) in [6.45, 7) is 8.04. The van der Waals surface area contributed by atoms with Gasteiger partial charge >= 0.3 is 0 Å². The van der Waals surface area contributed by atoms with Gasteiger partial charge in [-0.25, -0.2) is 4.98 Å². The van der Waals surface area contributed by atoms with Crippen LogP contribution in [0.2, 0.25) is 0 Å². The summed E-state index contributed by atoms with van der Waals surface area (Å²) in [6, 6.07) is 5.84. The number of aryl methyl sites for hydroxylation is 3. The molecule has 0 bridgehead atoms. The molecular formula is C15H17N5. The first-order valence-electron chi connectivity index (χ1n) is 6.54. The lowest BCUT2D eigenvalue weighted by atomic mass is 10.0. The minimum atomic E-state index is 0.734. The lowest BCUT2D eigenvalue weighted by Crippen LogP contribution is -2.01. The maximum absolute atomic E-state index is 5.97. The number of nitrogens with zero attached hydrogens (tertiary/aromatic N) is 4. The highest BCUT2D eigenvalue weighted by Crippen LogP contribution is 2.27. The highest BCUT2D eigenvalue weighted by Gasteiger charge is 2.14. The summed E-state index contributed by atoms with van der Waals surface area (Å²) >= 11 is 0. The van der Waals surface area contributed by atoms with Crippen LogP contribution in [0.1, 0.15) is 22.6 Å². The summed E-state index contributed by atoms with van der Waals surface area (Å²) in [5.74, 6) is 1.66. The van der Waals surface area contributed by atoms with Crippen molar-refractivity contribution in [1.29, 1.82) is 0 Å². The summed E-state index contributed by atoms with van der Waals surface area (Å²) in [6.07, 6.45) is 0. The van der Waals surface area contributed by atoms with Gasteiger partial charge in [-0.15, -0.1) is 10.2 Å². The fraction of sp³-hybridized carbons (Fsp3) is 0.267. The van der Waals surface area contributed by atoms with Crippen LogP contribution in [0.5, 0.6) is 0 Å². The maximum atomic E-state index is 5.97. The van der Waals surface area contributed by atoms with Gasteiger partial charge in [-0.2, -0.15) is 0 Å². The Morgan fingerprint density at radius 1 is 1.00 bits per heavy atom. The fourth-order valence-electron chi connectivity index (χ4n) is 2.53. The number of aromatic nitrogens is 4.